The normalized spacial score (nSPS) is 15.6. The summed E-state index contributed by atoms with van der Waals surface area (Å²) in [5.41, 5.74) is 2.36. The molecule has 1 saturated heterocycles. The lowest BCUT2D eigenvalue weighted by Gasteiger charge is -2.31. The second kappa shape index (κ2) is 9.21. The van der Waals surface area contributed by atoms with E-state index in [4.69, 9.17) is 4.98 Å². The van der Waals surface area contributed by atoms with Gasteiger partial charge in [-0.3, -0.25) is 4.90 Å². The van der Waals surface area contributed by atoms with Crippen LogP contribution in [0.4, 0.5) is 10.9 Å². The molecule has 0 saturated carbocycles. The lowest BCUT2D eigenvalue weighted by Crippen LogP contribution is -2.34. The molecule has 3 aromatic heterocycles. The molecule has 1 N–H and O–H groups in total. The van der Waals surface area contributed by atoms with Crippen LogP contribution < -0.4 is 5.32 Å². The van der Waals surface area contributed by atoms with Crippen LogP contribution in [0.2, 0.25) is 0 Å². The van der Waals surface area contributed by atoms with Crippen molar-refractivity contribution in [2.75, 3.05) is 18.4 Å². The van der Waals surface area contributed by atoms with E-state index in [0.29, 0.717) is 5.92 Å². The number of anilines is 2. The first kappa shape index (κ1) is 19.0. The Balaban J connectivity index is 1.27. The van der Waals surface area contributed by atoms with E-state index in [9.17, 15) is 0 Å². The highest BCUT2D eigenvalue weighted by molar-refractivity contribution is 7.13. The summed E-state index contributed by atoms with van der Waals surface area (Å²) < 4.78 is 0. The van der Waals surface area contributed by atoms with Gasteiger partial charge >= 0.3 is 0 Å². The molecule has 1 fully saturated rings. The fourth-order valence-corrected chi connectivity index (χ4v) is 4.14. The molecule has 0 radical (unpaired) electrons. The van der Waals surface area contributed by atoms with Gasteiger partial charge in [-0.25, -0.2) is 19.9 Å². The summed E-state index contributed by atoms with van der Waals surface area (Å²) in [5, 5.41) is 6.13. The van der Waals surface area contributed by atoms with Crippen LogP contribution in [0, 0.1) is 5.92 Å². The molecule has 0 amide bonds. The monoisotopic (exact) mass is 394 g/mol. The van der Waals surface area contributed by atoms with Gasteiger partial charge < -0.3 is 5.32 Å². The van der Waals surface area contributed by atoms with Gasteiger partial charge in [0.2, 0.25) is 0 Å². The third-order valence-corrected chi connectivity index (χ3v) is 5.85. The molecule has 0 unspecified atom stereocenters. The predicted molar refractivity (Wildman–Crippen MR) is 113 cm³/mol. The van der Waals surface area contributed by atoms with Gasteiger partial charge in [0.15, 0.2) is 5.13 Å². The first-order valence-electron chi connectivity index (χ1n) is 9.93. The molecule has 0 spiro atoms. The van der Waals surface area contributed by atoms with Crippen molar-refractivity contribution in [1.82, 2.24) is 24.8 Å². The quantitative estimate of drug-likeness (QED) is 0.651. The van der Waals surface area contributed by atoms with E-state index >= 15 is 0 Å². The summed E-state index contributed by atoms with van der Waals surface area (Å²) in [7, 11) is 0. The maximum atomic E-state index is 4.77. The predicted octanol–water partition coefficient (Wildman–Crippen LogP) is 4.09. The number of thiazole rings is 1. The van der Waals surface area contributed by atoms with Gasteiger partial charge in [0.05, 0.1) is 0 Å². The Kier molecular flexibility index (Phi) is 6.24. The van der Waals surface area contributed by atoms with Crippen LogP contribution in [-0.4, -0.2) is 37.9 Å². The van der Waals surface area contributed by atoms with Crippen molar-refractivity contribution >= 4 is 22.3 Å². The number of hydrogen-bond donors (Lipinski definition) is 1. The molecule has 3 aromatic rings. The fraction of sp³-hybridized carbons (Fsp3) is 0.429. The van der Waals surface area contributed by atoms with Crippen LogP contribution in [0.3, 0.4) is 0 Å². The van der Waals surface area contributed by atoms with Gasteiger partial charge in [0.25, 0.3) is 0 Å². The van der Waals surface area contributed by atoms with Crippen LogP contribution >= 0.6 is 11.3 Å². The molecule has 6 nitrogen and oxygen atoms in total. The maximum Gasteiger partial charge on any atom is 0.188 e. The highest BCUT2D eigenvalue weighted by atomic mass is 32.1. The van der Waals surface area contributed by atoms with Crippen LogP contribution in [0.5, 0.6) is 0 Å². The minimum Gasteiger partial charge on any atom is -0.316 e. The minimum absolute atomic E-state index is 0.692. The van der Waals surface area contributed by atoms with E-state index in [1.165, 1.54) is 18.4 Å². The fourth-order valence-electron chi connectivity index (χ4n) is 3.61. The van der Waals surface area contributed by atoms with Crippen LogP contribution in [0.15, 0.2) is 42.2 Å². The van der Waals surface area contributed by atoms with Crippen molar-refractivity contribution in [1.29, 1.82) is 0 Å². The van der Waals surface area contributed by atoms with Gasteiger partial charge in [0, 0.05) is 48.2 Å². The lowest BCUT2D eigenvalue weighted by atomic mass is 9.92. The zero-order valence-corrected chi connectivity index (χ0v) is 17.0. The Morgan fingerprint density at radius 1 is 1.14 bits per heavy atom. The minimum atomic E-state index is 0.692. The van der Waals surface area contributed by atoms with Gasteiger partial charge in [-0.15, -0.1) is 11.3 Å². The Morgan fingerprint density at radius 3 is 2.68 bits per heavy atom. The second-order valence-electron chi connectivity index (χ2n) is 7.26. The molecule has 7 heteroatoms. The van der Waals surface area contributed by atoms with Crippen molar-refractivity contribution in [3.05, 3.63) is 59.3 Å². The Morgan fingerprint density at radius 2 is 1.96 bits per heavy atom. The van der Waals surface area contributed by atoms with Crippen molar-refractivity contribution in [3.8, 4) is 0 Å². The summed E-state index contributed by atoms with van der Waals surface area (Å²) >= 11 is 1.59. The summed E-state index contributed by atoms with van der Waals surface area (Å²) in [6, 6.07) is 6.21. The topological polar surface area (TPSA) is 66.8 Å². The number of nitrogens with zero attached hydrogens (tertiary/aromatic N) is 5. The SMILES string of the molecule is CCc1ncc(CN2CCC(Cc3cccc(Nc4nccs4)n3)CC2)cn1. The maximum absolute atomic E-state index is 4.77. The van der Waals surface area contributed by atoms with Crippen molar-refractivity contribution in [2.45, 2.75) is 39.2 Å². The average molecular weight is 395 g/mol. The van der Waals surface area contributed by atoms with E-state index in [1.807, 2.05) is 23.8 Å². The number of aromatic nitrogens is 4. The lowest BCUT2D eigenvalue weighted by molar-refractivity contribution is 0.176. The van der Waals surface area contributed by atoms with Crippen molar-refractivity contribution in [3.63, 3.8) is 0 Å². The standard InChI is InChI=1S/C21H26N6S/c1-2-19-23-13-17(14-24-19)15-27-9-6-16(7-10-27)12-18-4-3-5-20(25-18)26-21-22-8-11-28-21/h3-5,8,11,13-14,16H,2,6-7,9-10,12,15H2,1H3,(H,22,25,26). The average Bonchev–Trinajstić information content (AvgIpc) is 3.23. The van der Waals surface area contributed by atoms with Gasteiger partial charge in [-0.1, -0.05) is 13.0 Å². The van der Waals surface area contributed by atoms with Gasteiger partial charge in [-0.2, -0.15) is 0 Å². The number of likely N-dealkylation sites (tertiary alicyclic amines) is 1. The number of hydrogen-bond acceptors (Lipinski definition) is 7. The van der Waals surface area contributed by atoms with E-state index < -0.39 is 0 Å². The molecule has 1 aliphatic heterocycles. The third kappa shape index (κ3) is 5.11. The molecule has 0 atom stereocenters. The Hall–Kier alpha value is -2.38. The van der Waals surface area contributed by atoms with E-state index in [-0.39, 0.29) is 0 Å². The first-order valence-corrected chi connectivity index (χ1v) is 10.8. The molecule has 146 valence electrons. The number of nitrogens with one attached hydrogen (secondary N) is 1. The summed E-state index contributed by atoms with van der Waals surface area (Å²) in [6.07, 6.45) is 10.1. The zero-order chi connectivity index (χ0) is 19.2. The smallest absolute Gasteiger partial charge is 0.188 e. The van der Waals surface area contributed by atoms with Gasteiger partial charge in [0.1, 0.15) is 11.6 Å². The molecular weight excluding hydrogens is 368 g/mol. The van der Waals surface area contributed by atoms with E-state index in [2.05, 4.69) is 44.2 Å². The highest BCUT2D eigenvalue weighted by Crippen LogP contribution is 2.23. The molecule has 1 aliphatic rings. The molecule has 0 aromatic carbocycles. The van der Waals surface area contributed by atoms with Gasteiger partial charge in [-0.05, 0) is 50.4 Å². The summed E-state index contributed by atoms with van der Waals surface area (Å²) in [6.45, 7) is 5.27. The third-order valence-electron chi connectivity index (χ3n) is 5.16. The number of aryl methyl sites for hydroxylation is 1. The van der Waals surface area contributed by atoms with Crippen molar-refractivity contribution < 1.29 is 0 Å². The molecular formula is C21H26N6S. The summed E-state index contributed by atoms with van der Waals surface area (Å²) in [4.78, 5) is 20.4. The van der Waals surface area contributed by atoms with Crippen LogP contribution in [0.25, 0.3) is 0 Å². The highest BCUT2D eigenvalue weighted by Gasteiger charge is 2.20. The zero-order valence-electron chi connectivity index (χ0n) is 16.2. The molecule has 0 bridgehead atoms. The molecule has 4 heterocycles. The second-order valence-corrected chi connectivity index (χ2v) is 8.16. The molecule has 4 rings (SSSR count). The number of pyridine rings is 1. The van der Waals surface area contributed by atoms with E-state index in [1.54, 1.807) is 17.5 Å². The first-order chi connectivity index (χ1) is 13.8. The number of rotatable bonds is 7. The van der Waals surface area contributed by atoms with Crippen molar-refractivity contribution in [2.24, 2.45) is 5.92 Å². The molecule has 28 heavy (non-hydrogen) atoms. The van der Waals surface area contributed by atoms with Crippen LogP contribution in [-0.2, 0) is 19.4 Å². The van der Waals surface area contributed by atoms with Crippen LogP contribution in [0.1, 0.15) is 36.8 Å². The Bertz CT molecular complexity index is 857. The largest absolute Gasteiger partial charge is 0.316 e. The number of piperidine rings is 1. The Labute approximate surface area is 170 Å². The molecule has 0 aliphatic carbocycles. The van der Waals surface area contributed by atoms with E-state index in [0.717, 1.165) is 54.9 Å². The summed E-state index contributed by atoms with van der Waals surface area (Å²) in [5.74, 6) is 2.49.